The number of aldehydes is 1. The highest BCUT2D eigenvalue weighted by molar-refractivity contribution is 5.93. The number of nitrogens with zero attached hydrogens (tertiary/aromatic N) is 2. The van der Waals surface area contributed by atoms with Gasteiger partial charge < -0.3 is 10.3 Å². The Bertz CT molecular complexity index is 1260. The summed E-state index contributed by atoms with van der Waals surface area (Å²) in [6.07, 6.45) is 1.99. The molecule has 0 bridgehead atoms. The molecule has 1 aromatic carbocycles. The van der Waals surface area contributed by atoms with Gasteiger partial charge in [0, 0.05) is 29.7 Å². The summed E-state index contributed by atoms with van der Waals surface area (Å²) in [5, 5.41) is 2.98. The molecule has 0 fully saturated rings. The highest BCUT2D eigenvalue weighted by Crippen LogP contribution is 2.21. The molecule has 3 heterocycles. The highest BCUT2D eigenvalue weighted by Gasteiger charge is 2.13. The fourth-order valence-electron chi connectivity index (χ4n) is 2.87. The van der Waals surface area contributed by atoms with E-state index in [1.54, 1.807) is 36.5 Å². The number of fused-ring (bicyclic) bond motifs is 2. The van der Waals surface area contributed by atoms with Crippen molar-refractivity contribution in [3.8, 4) is 0 Å². The average molecular weight is 364 g/mol. The molecule has 0 unspecified atom stereocenters. The van der Waals surface area contributed by atoms with Crippen LogP contribution in [0.3, 0.4) is 0 Å². The van der Waals surface area contributed by atoms with Gasteiger partial charge in [-0.1, -0.05) is 12.1 Å². The van der Waals surface area contributed by atoms with Crippen LogP contribution >= 0.6 is 0 Å². The monoisotopic (exact) mass is 364 g/mol. The van der Waals surface area contributed by atoms with Crippen molar-refractivity contribution in [3.05, 3.63) is 81.8 Å². The van der Waals surface area contributed by atoms with Crippen LogP contribution in [0, 0.1) is 5.82 Å². The van der Waals surface area contributed by atoms with Crippen LogP contribution in [0.15, 0.2) is 53.5 Å². The molecule has 2 N–H and O–H groups in total. The van der Waals surface area contributed by atoms with Crippen LogP contribution in [0.2, 0.25) is 0 Å². The minimum atomic E-state index is -0.601. The van der Waals surface area contributed by atoms with Gasteiger partial charge in [0.05, 0.1) is 0 Å². The zero-order valence-corrected chi connectivity index (χ0v) is 13.9. The van der Waals surface area contributed by atoms with Gasteiger partial charge in [-0.05, 0) is 29.8 Å². The topological polar surface area (TPSA) is 96.3 Å². The third kappa shape index (κ3) is 2.97. The number of rotatable bonds is 4. The van der Waals surface area contributed by atoms with Crippen molar-refractivity contribution in [2.75, 3.05) is 0 Å². The summed E-state index contributed by atoms with van der Waals surface area (Å²) in [6.45, 7) is 0.154. The molecule has 0 atom stereocenters. The number of nitrogens with one attached hydrogen (secondary N) is 2. The van der Waals surface area contributed by atoms with Gasteiger partial charge in [-0.25, -0.2) is 9.37 Å². The standard InChI is InChI=1S/C19H13FN4O3/c20-18-12-5-4-11(7-13(12)22-15(18)10-25)9-21-19(27)14-8-17(26)24-6-2-1-3-16(24)23-14/h1-8,10,22H,9H2,(H,21,27). The molecule has 4 rings (SSSR count). The Kier molecular flexibility index (Phi) is 4.00. The van der Waals surface area contributed by atoms with Crippen molar-refractivity contribution in [2.45, 2.75) is 6.54 Å². The maximum Gasteiger partial charge on any atom is 0.270 e. The van der Waals surface area contributed by atoms with E-state index in [0.29, 0.717) is 28.4 Å². The number of benzene rings is 1. The predicted molar refractivity (Wildman–Crippen MR) is 96.3 cm³/mol. The normalized spacial score (nSPS) is 11.0. The molecule has 7 nitrogen and oxygen atoms in total. The number of carbonyl (C=O) groups excluding carboxylic acids is 2. The first-order valence-corrected chi connectivity index (χ1v) is 8.09. The first kappa shape index (κ1) is 16.6. The second-order valence-electron chi connectivity index (χ2n) is 5.94. The zero-order valence-electron chi connectivity index (χ0n) is 13.9. The molecule has 0 aliphatic rings. The van der Waals surface area contributed by atoms with Crippen molar-refractivity contribution in [2.24, 2.45) is 0 Å². The van der Waals surface area contributed by atoms with Crippen LogP contribution in [0.4, 0.5) is 4.39 Å². The van der Waals surface area contributed by atoms with E-state index in [0.717, 1.165) is 0 Å². The summed E-state index contributed by atoms with van der Waals surface area (Å²) in [4.78, 5) is 42.1. The smallest absolute Gasteiger partial charge is 0.270 e. The summed E-state index contributed by atoms with van der Waals surface area (Å²) in [7, 11) is 0. The van der Waals surface area contributed by atoms with Gasteiger partial charge in [-0.15, -0.1) is 0 Å². The molecule has 134 valence electrons. The number of carbonyl (C=O) groups is 2. The number of pyridine rings is 1. The average Bonchev–Trinajstić information content (AvgIpc) is 3.01. The Balaban J connectivity index is 1.56. The van der Waals surface area contributed by atoms with E-state index in [1.807, 2.05) is 0 Å². The van der Waals surface area contributed by atoms with Crippen LogP contribution in [-0.4, -0.2) is 26.6 Å². The molecule has 0 saturated carbocycles. The number of aromatic amines is 1. The van der Waals surface area contributed by atoms with Crippen molar-refractivity contribution in [1.82, 2.24) is 19.7 Å². The summed E-state index contributed by atoms with van der Waals surface area (Å²) < 4.78 is 15.2. The Hall–Kier alpha value is -3.81. The lowest BCUT2D eigenvalue weighted by atomic mass is 10.1. The largest absolute Gasteiger partial charge is 0.350 e. The van der Waals surface area contributed by atoms with Gasteiger partial charge in [0.25, 0.3) is 11.5 Å². The fraction of sp³-hybridized carbons (Fsp3) is 0.0526. The lowest BCUT2D eigenvalue weighted by Gasteiger charge is -2.06. The Morgan fingerprint density at radius 2 is 2.11 bits per heavy atom. The van der Waals surface area contributed by atoms with Gasteiger partial charge in [0.1, 0.15) is 17.0 Å². The lowest BCUT2D eigenvalue weighted by Crippen LogP contribution is -2.26. The molecule has 4 aromatic rings. The zero-order chi connectivity index (χ0) is 19.0. The summed E-state index contributed by atoms with van der Waals surface area (Å²) >= 11 is 0. The lowest BCUT2D eigenvalue weighted by molar-refractivity contribution is 0.0945. The SMILES string of the molecule is O=Cc1[nH]c2cc(CNC(=O)c3cc(=O)n4ccccc4n3)ccc2c1F. The number of hydrogen-bond acceptors (Lipinski definition) is 4. The molecule has 0 aliphatic carbocycles. The number of amides is 1. The molecule has 0 radical (unpaired) electrons. The number of hydrogen-bond donors (Lipinski definition) is 2. The summed E-state index contributed by atoms with van der Waals surface area (Å²) in [5.74, 6) is -1.10. The molecule has 1 amide bonds. The molecule has 0 saturated heterocycles. The molecule has 8 heteroatoms. The van der Waals surface area contributed by atoms with Gasteiger partial charge in [-0.3, -0.25) is 18.8 Å². The molecular formula is C19H13FN4O3. The first-order valence-electron chi connectivity index (χ1n) is 8.09. The van der Waals surface area contributed by atoms with Crippen LogP contribution in [0.25, 0.3) is 16.6 Å². The van der Waals surface area contributed by atoms with E-state index >= 15 is 0 Å². The number of halogens is 1. The fourth-order valence-corrected chi connectivity index (χ4v) is 2.87. The minimum Gasteiger partial charge on any atom is -0.350 e. The van der Waals surface area contributed by atoms with Crippen LogP contribution < -0.4 is 10.9 Å². The van der Waals surface area contributed by atoms with E-state index in [1.165, 1.54) is 16.5 Å². The highest BCUT2D eigenvalue weighted by atomic mass is 19.1. The van der Waals surface area contributed by atoms with Gasteiger partial charge in [0.15, 0.2) is 12.1 Å². The van der Waals surface area contributed by atoms with Crippen molar-refractivity contribution >= 4 is 28.7 Å². The Morgan fingerprint density at radius 3 is 2.93 bits per heavy atom. The predicted octanol–water partition coefficient (Wildman–Crippen LogP) is 2.06. The number of H-pyrrole nitrogens is 1. The molecule has 0 aliphatic heterocycles. The molecular weight excluding hydrogens is 351 g/mol. The summed E-state index contributed by atoms with van der Waals surface area (Å²) in [6, 6.07) is 11.1. The van der Waals surface area contributed by atoms with Gasteiger partial charge in [0.2, 0.25) is 0 Å². The number of aromatic nitrogens is 3. The minimum absolute atomic E-state index is 0.0152. The van der Waals surface area contributed by atoms with Gasteiger partial charge in [-0.2, -0.15) is 0 Å². The van der Waals surface area contributed by atoms with Crippen LogP contribution in [0.1, 0.15) is 26.5 Å². The van der Waals surface area contributed by atoms with Crippen LogP contribution in [-0.2, 0) is 6.54 Å². The third-order valence-corrected chi connectivity index (χ3v) is 4.20. The van der Waals surface area contributed by atoms with E-state index < -0.39 is 11.7 Å². The van der Waals surface area contributed by atoms with E-state index in [4.69, 9.17) is 0 Å². The van der Waals surface area contributed by atoms with E-state index in [2.05, 4.69) is 15.3 Å². The Labute approximate surface area is 151 Å². The molecule has 27 heavy (non-hydrogen) atoms. The van der Waals surface area contributed by atoms with Crippen molar-refractivity contribution in [3.63, 3.8) is 0 Å². The maximum atomic E-state index is 13.9. The Morgan fingerprint density at radius 1 is 1.26 bits per heavy atom. The van der Waals surface area contributed by atoms with E-state index in [-0.39, 0.29) is 23.5 Å². The summed E-state index contributed by atoms with van der Waals surface area (Å²) in [5.41, 5.74) is 1.08. The third-order valence-electron chi connectivity index (χ3n) is 4.20. The second-order valence-corrected chi connectivity index (χ2v) is 5.94. The first-order chi connectivity index (χ1) is 13.1. The molecule has 3 aromatic heterocycles. The van der Waals surface area contributed by atoms with E-state index in [9.17, 15) is 18.8 Å². The van der Waals surface area contributed by atoms with Crippen molar-refractivity contribution < 1.29 is 14.0 Å². The molecule has 0 spiro atoms. The van der Waals surface area contributed by atoms with Gasteiger partial charge >= 0.3 is 0 Å². The van der Waals surface area contributed by atoms with Crippen LogP contribution in [0.5, 0.6) is 0 Å². The second kappa shape index (κ2) is 6.49. The maximum absolute atomic E-state index is 13.9. The quantitative estimate of drug-likeness (QED) is 0.542. The van der Waals surface area contributed by atoms with Crippen molar-refractivity contribution in [1.29, 1.82) is 0 Å².